The summed E-state index contributed by atoms with van der Waals surface area (Å²) in [7, 11) is 0. The van der Waals surface area contributed by atoms with Gasteiger partial charge < -0.3 is 4.79 Å². The number of halogens is 1. The number of hydrogen-bond donors (Lipinski definition) is 0. The van der Waals surface area contributed by atoms with Gasteiger partial charge in [-0.3, -0.25) is 0 Å². The van der Waals surface area contributed by atoms with Gasteiger partial charge in [0.2, 0.25) is 0 Å². The van der Waals surface area contributed by atoms with Gasteiger partial charge in [0.05, 0.1) is 0 Å². The topological polar surface area (TPSA) is 17.1 Å². The first-order valence-corrected chi connectivity index (χ1v) is 17.3. The summed E-state index contributed by atoms with van der Waals surface area (Å²) in [6.07, 6.45) is 35.1. The molecule has 0 saturated carbocycles. The molecule has 212 valence electrons. The fourth-order valence-corrected chi connectivity index (χ4v) is 5.61. The highest BCUT2D eigenvalue weighted by Crippen LogP contribution is 2.21. The molecule has 0 spiro atoms. The van der Waals surface area contributed by atoms with E-state index in [1.54, 1.807) is 0 Å². The molecule has 0 saturated heterocycles. The fraction of sp³-hybridized carbons (Fsp3) is 0.970. The van der Waals surface area contributed by atoms with Gasteiger partial charge >= 0.3 is 0 Å². The van der Waals surface area contributed by atoms with E-state index in [0.717, 1.165) is 18.6 Å². The minimum Gasteiger partial charge on any atom is -0.303 e. The Bertz CT molecular complexity index is 370. The van der Waals surface area contributed by atoms with Crippen LogP contribution < -0.4 is 0 Å². The molecule has 0 aliphatic rings. The number of rotatable bonds is 27. The SMILES string of the molecule is CCCCCCCCC(CBr)CCCCCC.CCCCCCCCC(CC=O)CCCCCC. The normalized spacial score (nSPS) is 12.7. The van der Waals surface area contributed by atoms with Crippen LogP contribution in [0.2, 0.25) is 0 Å². The lowest BCUT2D eigenvalue weighted by Gasteiger charge is -2.13. The first kappa shape index (κ1) is 37.3. The van der Waals surface area contributed by atoms with Crippen LogP contribution in [-0.4, -0.2) is 11.6 Å². The predicted octanol–water partition coefficient (Wildman–Crippen LogP) is 12.6. The van der Waals surface area contributed by atoms with E-state index in [0.29, 0.717) is 5.92 Å². The van der Waals surface area contributed by atoms with Crippen LogP contribution in [0.4, 0.5) is 0 Å². The van der Waals surface area contributed by atoms with Crippen LogP contribution in [0.15, 0.2) is 0 Å². The highest BCUT2D eigenvalue weighted by Gasteiger charge is 2.08. The van der Waals surface area contributed by atoms with Gasteiger partial charge in [-0.25, -0.2) is 0 Å². The van der Waals surface area contributed by atoms with Crippen LogP contribution in [-0.2, 0) is 4.79 Å². The van der Waals surface area contributed by atoms with E-state index in [1.807, 2.05) is 0 Å². The van der Waals surface area contributed by atoms with E-state index in [4.69, 9.17) is 0 Å². The van der Waals surface area contributed by atoms with E-state index in [9.17, 15) is 4.79 Å². The summed E-state index contributed by atoms with van der Waals surface area (Å²) in [5, 5.41) is 1.22. The lowest BCUT2D eigenvalue weighted by Crippen LogP contribution is -2.02. The summed E-state index contributed by atoms with van der Waals surface area (Å²) >= 11 is 3.68. The van der Waals surface area contributed by atoms with Gasteiger partial charge in [0.15, 0.2) is 0 Å². The molecular weight excluding hydrogens is 492 g/mol. The first-order chi connectivity index (χ1) is 17.2. The van der Waals surface area contributed by atoms with Crippen LogP contribution in [0.3, 0.4) is 0 Å². The van der Waals surface area contributed by atoms with Crippen molar-refractivity contribution in [1.82, 2.24) is 0 Å². The molecule has 0 bridgehead atoms. The molecular formula is C33H67BrO. The van der Waals surface area contributed by atoms with Gasteiger partial charge in [-0.2, -0.15) is 0 Å². The van der Waals surface area contributed by atoms with Crippen molar-refractivity contribution in [3.05, 3.63) is 0 Å². The molecule has 0 aliphatic carbocycles. The average molecular weight is 560 g/mol. The Labute approximate surface area is 231 Å². The zero-order valence-corrected chi connectivity index (χ0v) is 26.5. The van der Waals surface area contributed by atoms with Crippen molar-refractivity contribution in [1.29, 1.82) is 0 Å². The third-order valence-electron chi connectivity index (χ3n) is 7.51. The van der Waals surface area contributed by atoms with Gasteiger partial charge in [-0.05, 0) is 24.7 Å². The van der Waals surface area contributed by atoms with Crippen molar-refractivity contribution in [3.63, 3.8) is 0 Å². The van der Waals surface area contributed by atoms with Gasteiger partial charge in [-0.1, -0.05) is 185 Å². The molecule has 0 rings (SSSR count). The van der Waals surface area contributed by atoms with Crippen molar-refractivity contribution in [2.75, 3.05) is 5.33 Å². The lowest BCUT2D eigenvalue weighted by atomic mass is 9.92. The Balaban J connectivity index is 0. The Morgan fingerprint density at radius 1 is 0.457 bits per heavy atom. The number of hydrogen-bond acceptors (Lipinski definition) is 1. The predicted molar refractivity (Wildman–Crippen MR) is 165 cm³/mol. The van der Waals surface area contributed by atoms with Crippen molar-refractivity contribution in [3.8, 4) is 0 Å². The highest BCUT2D eigenvalue weighted by molar-refractivity contribution is 9.09. The second-order valence-electron chi connectivity index (χ2n) is 11.1. The Kier molecular flexibility index (Phi) is 36.4. The molecule has 0 aromatic heterocycles. The number of carbonyl (C=O) groups is 1. The minimum atomic E-state index is 0.672. The van der Waals surface area contributed by atoms with E-state index in [2.05, 4.69) is 43.6 Å². The van der Waals surface area contributed by atoms with Crippen molar-refractivity contribution >= 4 is 22.2 Å². The molecule has 0 aromatic carbocycles. The Hall–Kier alpha value is 0.150. The van der Waals surface area contributed by atoms with Crippen molar-refractivity contribution < 1.29 is 4.79 Å². The lowest BCUT2D eigenvalue weighted by molar-refractivity contribution is -0.108. The monoisotopic (exact) mass is 558 g/mol. The zero-order chi connectivity index (χ0) is 26.2. The number of aldehydes is 1. The summed E-state index contributed by atoms with van der Waals surface area (Å²) in [4.78, 5) is 10.7. The smallest absolute Gasteiger partial charge is 0.120 e. The standard InChI is InChI=1S/C17H34O.C16H33Br/c1-3-5-7-9-10-12-14-17(15-16-18)13-11-8-6-4-2;1-3-5-7-9-10-12-14-16(15-17)13-11-8-6-4-2/h16-17H,3-15H2,1-2H3;16H,3-15H2,1-2H3. The van der Waals surface area contributed by atoms with E-state index >= 15 is 0 Å². The quantitative estimate of drug-likeness (QED) is 0.0556. The van der Waals surface area contributed by atoms with E-state index in [1.165, 1.54) is 159 Å². The largest absolute Gasteiger partial charge is 0.303 e. The average Bonchev–Trinajstić information content (AvgIpc) is 2.87. The minimum absolute atomic E-state index is 0.672. The maximum absolute atomic E-state index is 10.7. The summed E-state index contributed by atoms with van der Waals surface area (Å²) in [6.45, 7) is 9.09. The zero-order valence-electron chi connectivity index (χ0n) is 24.9. The van der Waals surface area contributed by atoms with Gasteiger partial charge in [0, 0.05) is 11.8 Å². The van der Waals surface area contributed by atoms with Crippen LogP contribution in [0.5, 0.6) is 0 Å². The summed E-state index contributed by atoms with van der Waals surface area (Å²) in [5.74, 6) is 1.61. The van der Waals surface area contributed by atoms with Crippen LogP contribution in [0.1, 0.15) is 188 Å². The molecule has 2 heteroatoms. The van der Waals surface area contributed by atoms with Crippen LogP contribution in [0, 0.1) is 11.8 Å². The Morgan fingerprint density at radius 3 is 1.06 bits per heavy atom. The second kappa shape index (κ2) is 34.1. The second-order valence-corrected chi connectivity index (χ2v) is 11.7. The van der Waals surface area contributed by atoms with Gasteiger partial charge in [0.25, 0.3) is 0 Å². The number of carbonyl (C=O) groups excluding carboxylic acids is 1. The molecule has 1 nitrogen and oxygen atoms in total. The van der Waals surface area contributed by atoms with Crippen molar-refractivity contribution in [2.24, 2.45) is 11.8 Å². The number of unbranched alkanes of at least 4 members (excludes halogenated alkanes) is 16. The highest BCUT2D eigenvalue weighted by atomic mass is 79.9. The first-order valence-electron chi connectivity index (χ1n) is 16.2. The molecule has 0 amide bonds. The summed E-state index contributed by atoms with van der Waals surface area (Å²) < 4.78 is 0. The van der Waals surface area contributed by atoms with E-state index in [-0.39, 0.29) is 0 Å². The molecule has 2 atom stereocenters. The molecule has 0 heterocycles. The maximum atomic E-state index is 10.7. The van der Waals surface area contributed by atoms with E-state index < -0.39 is 0 Å². The molecule has 0 N–H and O–H groups in total. The van der Waals surface area contributed by atoms with Gasteiger partial charge in [0.1, 0.15) is 6.29 Å². The molecule has 0 radical (unpaired) electrons. The molecule has 35 heavy (non-hydrogen) atoms. The van der Waals surface area contributed by atoms with Crippen LogP contribution in [0.25, 0.3) is 0 Å². The Morgan fingerprint density at radius 2 is 0.743 bits per heavy atom. The summed E-state index contributed by atoms with van der Waals surface area (Å²) in [5.41, 5.74) is 0. The van der Waals surface area contributed by atoms with Gasteiger partial charge in [-0.15, -0.1) is 0 Å². The molecule has 0 fully saturated rings. The third-order valence-corrected chi connectivity index (χ3v) is 8.43. The molecule has 0 aromatic rings. The van der Waals surface area contributed by atoms with Crippen LogP contribution >= 0.6 is 15.9 Å². The molecule has 0 aliphatic heterocycles. The fourth-order valence-electron chi connectivity index (χ4n) is 4.96. The third kappa shape index (κ3) is 32.1. The van der Waals surface area contributed by atoms with Crippen molar-refractivity contribution in [2.45, 2.75) is 188 Å². The number of alkyl halides is 1. The summed E-state index contributed by atoms with van der Waals surface area (Å²) in [6, 6.07) is 0. The molecule has 2 unspecified atom stereocenters. The maximum Gasteiger partial charge on any atom is 0.120 e.